The highest BCUT2D eigenvalue weighted by molar-refractivity contribution is 14.1. The van der Waals surface area contributed by atoms with Crippen LogP contribution in [0.3, 0.4) is 0 Å². The topological polar surface area (TPSA) is 179 Å². The summed E-state index contributed by atoms with van der Waals surface area (Å²) in [7, 11) is -9.96. The molecule has 148 valence electrons. The van der Waals surface area contributed by atoms with E-state index in [1.54, 1.807) is 18.2 Å². The molecular weight excluding hydrogens is 529 g/mol. The van der Waals surface area contributed by atoms with Gasteiger partial charge in [0.05, 0.1) is 16.5 Å². The van der Waals surface area contributed by atoms with Crippen molar-refractivity contribution in [2.75, 3.05) is 0 Å². The molecule has 0 atom stereocenters. The van der Waals surface area contributed by atoms with Gasteiger partial charge in [-0.3, -0.25) is 24.4 Å². The average Bonchev–Trinajstić information content (AvgIpc) is 2.52. The Hall–Kier alpha value is -1.79. The van der Waals surface area contributed by atoms with Gasteiger partial charge in [0.1, 0.15) is 17.3 Å². The summed E-state index contributed by atoms with van der Waals surface area (Å²) in [4.78, 5) is 55.1. The fraction of sp³-hybridized carbons (Fsp3) is 0. The lowest BCUT2D eigenvalue weighted by molar-refractivity contribution is 0.280. The molecule has 0 saturated carbocycles. The van der Waals surface area contributed by atoms with Crippen LogP contribution in [0.2, 0.25) is 0 Å². The number of phosphoric ester groups is 2. The average molecular weight is 540 g/mol. The molecule has 0 spiro atoms. The maximum absolute atomic E-state index is 12.4. The van der Waals surface area contributed by atoms with Gasteiger partial charge in [-0.1, -0.05) is 0 Å². The Bertz CT molecular complexity index is 1220. The zero-order chi connectivity index (χ0) is 20.7. The van der Waals surface area contributed by atoms with Gasteiger partial charge in [0.2, 0.25) is 0 Å². The molecule has 3 aromatic rings. The highest BCUT2D eigenvalue weighted by Crippen LogP contribution is 2.45. The van der Waals surface area contributed by atoms with Gasteiger partial charge in [-0.2, -0.15) is 0 Å². The molecule has 0 saturated heterocycles. The largest absolute Gasteiger partial charge is 0.524 e. The third-order valence-electron chi connectivity index (χ3n) is 3.32. The first-order chi connectivity index (χ1) is 12.9. The second-order valence-electron chi connectivity index (χ2n) is 5.40. The van der Waals surface area contributed by atoms with E-state index >= 15 is 0 Å². The number of halogens is 1. The van der Waals surface area contributed by atoms with Gasteiger partial charge in [-0.05, 0) is 52.9 Å². The van der Waals surface area contributed by atoms with Crippen LogP contribution in [-0.2, 0) is 9.13 Å². The summed E-state index contributed by atoms with van der Waals surface area (Å²) in [5, 5.41) is 0.314. The quantitative estimate of drug-likeness (QED) is 0.238. The molecular formula is C14H11IN2O9P2. The Morgan fingerprint density at radius 3 is 2.29 bits per heavy atom. The van der Waals surface area contributed by atoms with Crippen LogP contribution in [0.1, 0.15) is 0 Å². The van der Waals surface area contributed by atoms with Crippen molar-refractivity contribution in [3.8, 4) is 22.9 Å². The Morgan fingerprint density at radius 2 is 1.64 bits per heavy atom. The Balaban J connectivity index is 2.18. The van der Waals surface area contributed by atoms with Crippen molar-refractivity contribution < 1.29 is 37.8 Å². The van der Waals surface area contributed by atoms with Crippen LogP contribution >= 0.6 is 38.2 Å². The van der Waals surface area contributed by atoms with E-state index in [9.17, 15) is 13.9 Å². The normalized spacial score (nSPS) is 12.2. The smallest absolute Gasteiger partial charge is 0.404 e. The minimum atomic E-state index is -5.04. The maximum Gasteiger partial charge on any atom is 0.524 e. The fourth-order valence-electron chi connectivity index (χ4n) is 2.33. The molecule has 1 heterocycles. The second-order valence-corrected chi connectivity index (χ2v) is 8.97. The van der Waals surface area contributed by atoms with Crippen LogP contribution < -0.4 is 14.6 Å². The lowest BCUT2D eigenvalue weighted by Gasteiger charge is -2.14. The zero-order valence-corrected chi connectivity index (χ0v) is 17.5. The van der Waals surface area contributed by atoms with Gasteiger partial charge < -0.3 is 14.0 Å². The summed E-state index contributed by atoms with van der Waals surface area (Å²) in [6.45, 7) is 0. The number of aromatic nitrogens is 2. The number of benzene rings is 2. The van der Waals surface area contributed by atoms with Crippen LogP contribution in [0.4, 0.5) is 0 Å². The SMILES string of the molecule is O=c1[nH]c(-c2ccc(OP(=O)(O)O)cc2OP(=O)(O)O)nc2ccc([127I])cc12. The highest BCUT2D eigenvalue weighted by Gasteiger charge is 2.23. The van der Waals surface area contributed by atoms with Gasteiger partial charge >= 0.3 is 15.6 Å². The van der Waals surface area contributed by atoms with E-state index in [2.05, 4.69) is 19.0 Å². The molecule has 0 aliphatic carbocycles. The summed E-state index contributed by atoms with van der Waals surface area (Å²) in [5.41, 5.74) is -0.188. The molecule has 28 heavy (non-hydrogen) atoms. The molecule has 0 bridgehead atoms. The lowest BCUT2D eigenvalue weighted by atomic mass is 10.1. The fourth-order valence-corrected chi connectivity index (χ4v) is 3.62. The predicted molar refractivity (Wildman–Crippen MR) is 106 cm³/mol. The summed E-state index contributed by atoms with van der Waals surface area (Å²) in [5.74, 6) is -0.963. The first kappa shape index (κ1) is 20.9. The molecule has 2 aromatic carbocycles. The molecule has 0 unspecified atom stereocenters. The monoisotopic (exact) mass is 540 g/mol. The second kappa shape index (κ2) is 7.56. The first-order valence-electron chi connectivity index (χ1n) is 7.25. The maximum atomic E-state index is 12.4. The molecule has 0 aliphatic heterocycles. The Morgan fingerprint density at radius 1 is 0.964 bits per heavy atom. The summed E-state index contributed by atoms with van der Waals surface area (Å²) >= 11 is 2.03. The molecule has 0 fully saturated rings. The number of aromatic amines is 1. The highest BCUT2D eigenvalue weighted by atomic mass is 127. The van der Waals surface area contributed by atoms with Crippen molar-refractivity contribution in [3.63, 3.8) is 0 Å². The van der Waals surface area contributed by atoms with Crippen molar-refractivity contribution in [1.29, 1.82) is 0 Å². The van der Waals surface area contributed by atoms with Gasteiger partial charge in [-0.25, -0.2) is 14.1 Å². The van der Waals surface area contributed by atoms with Crippen molar-refractivity contribution in [2.45, 2.75) is 0 Å². The first-order valence-corrected chi connectivity index (χ1v) is 11.4. The van der Waals surface area contributed by atoms with Crippen LogP contribution in [0.25, 0.3) is 22.3 Å². The van der Waals surface area contributed by atoms with E-state index in [0.29, 0.717) is 10.9 Å². The van der Waals surface area contributed by atoms with E-state index in [0.717, 1.165) is 15.7 Å². The molecule has 0 aliphatic rings. The van der Waals surface area contributed by atoms with Crippen molar-refractivity contribution in [3.05, 3.63) is 50.3 Å². The zero-order valence-electron chi connectivity index (χ0n) is 13.5. The molecule has 0 radical (unpaired) electrons. The van der Waals surface area contributed by atoms with Gasteiger partial charge in [-0.15, -0.1) is 0 Å². The predicted octanol–water partition coefficient (Wildman–Crippen LogP) is 2.14. The number of hydrogen-bond acceptors (Lipinski definition) is 6. The van der Waals surface area contributed by atoms with E-state index in [-0.39, 0.29) is 11.4 Å². The molecule has 3 rings (SSSR count). The van der Waals surface area contributed by atoms with Crippen LogP contribution in [0.5, 0.6) is 11.5 Å². The number of phosphoric acid groups is 2. The van der Waals surface area contributed by atoms with E-state index < -0.39 is 32.7 Å². The van der Waals surface area contributed by atoms with Crippen molar-refractivity contribution in [1.82, 2.24) is 9.97 Å². The Labute approximate surface area is 170 Å². The summed E-state index contributed by atoms with van der Waals surface area (Å²) in [6.07, 6.45) is 0. The van der Waals surface area contributed by atoms with Gasteiger partial charge in [0.25, 0.3) is 5.56 Å². The van der Waals surface area contributed by atoms with Crippen molar-refractivity contribution >= 4 is 49.1 Å². The number of nitrogens with zero attached hydrogens (tertiary/aromatic N) is 1. The standard InChI is InChI=1S/C14H11IN2O9P2/c15-7-1-4-11-10(5-7)14(18)17-13(16-11)9-3-2-8(25-27(19,20)21)6-12(9)26-28(22,23)24/h1-6H,(H,16,17,18)(H2,19,20,21)(H2,22,23,24)/i15+0. The van der Waals surface area contributed by atoms with Crippen molar-refractivity contribution in [2.24, 2.45) is 0 Å². The number of fused-ring (bicyclic) bond motifs is 1. The van der Waals surface area contributed by atoms with E-state index in [4.69, 9.17) is 19.6 Å². The van der Waals surface area contributed by atoms with Crippen LogP contribution in [0, 0.1) is 3.57 Å². The summed E-state index contributed by atoms with van der Waals surface area (Å²) < 4.78 is 32.1. The van der Waals surface area contributed by atoms with Gasteiger partial charge in [0.15, 0.2) is 0 Å². The molecule has 1 aromatic heterocycles. The number of rotatable bonds is 5. The Kier molecular flexibility index (Phi) is 5.65. The third-order valence-corrected chi connectivity index (χ3v) is 4.87. The number of nitrogens with one attached hydrogen (secondary N) is 1. The number of hydrogen-bond donors (Lipinski definition) is 5. The molecule has 5 N–H and O–H groups in total. The third kappa shape index (κ3) is 5.17. The summed E-state index contributed by atoms with van der Waals surface area (Å²) in [6, 6.07) is 8.13. The van der Waals surface area contributed by atoms with E-state index in [1.807, 2.05) is 22.6 Å². The molecule has 0 amide bonds. The van der Waals surface area contributed by atoms with Crippen LogP contribution in [-0.4, -0.2) is 29.5 Å². The molecule has 14 heteroatoms. The van der Waals surface area contributed by atoms with E-state index in [1.165, 1.54) is 6.07 Å². The lowest BCUT2D eigenvalue weighted by Crippen LogP contribution is -2.10. The number of H-pyrrole nitrogens is 1. The van der Waals surface area contributed by atoms with Gasteiger partial charge in [0, 0.05) is 9.64 Å². The minimum absolute atomic E-state index is 0.0288. The minimum Gasteiger partial charge on any atom is -0.404 e. The van der Waals surface area contributed by atoms with Crippen LogP contribution in [0.15, 0.2) is 41.2 Å². The molecule has 11 nitrogen and oxygen atoms in total.